The molecule has 1 aliphatic heterocycles. The molecule has 1 aliphatic rings. The van der Waals surface area contributed by atoms with Crippen molar-refractivity contribution in [3.63, 3.8) is 0 Å². The molecule has 0 unspecified atom stereocenters. The summed E-state index contributed by atoms with van der Waals surface area (Å²) in [5, 5.41) is 7.10. The molecule has 2 aromatic rings. The number of hydrogen-bond donors (Lipinski definition) is 1. The number of aryl methyl sites for hydroxylation is 2. The van der Waals surface area contributed by atoms with Gasteiger partial charge in [0.2, 0.25) is 0 Å². The normalized spacial score (nSPS) is 16.2. The van der Waals surface area contributed by atoms with Crippen molar-refractivity contribution in [2.24, 2.45) is 5.92 Å². The second kappa shape index (κ2) is 5.71. The first kappa shape index (κ1) is 13.9. The summed E-state index contributed by atoms with van der Waals surface area (Å²) < 4.78 is 5.06. The molecule has 6 nitrogen and oxygen atoms in total. The van der Waals surface area contributed by atoms with Crippen LogP contribution in [0.25, 0.3) is 0 Å². The van der Waals surface area contributed by atoms with Crippen LogP contribution in [0.3, 0.4) is 0 Å². The average Bonchev–Trinajstić information content (AvgIpc) is 2.84. The van der Waals surface area contributed by atoms with Gasteiger partial charge in [0.25, 0.3) is 0 Å². The predicted octanol–water partition coefficient (Wildman–Crippen LogP) is 3.06. The minimum atomic E-state index is 0.670. The smallest absolute Gasteiger partial charge is 0.175 e. The number of nitrogens with one attached hydrogen (secondary N) is 1. The van der Waals surface area contributed by atoms with Gasteiger partial charge in [0.15, 0.2) is 5.82 Å². The van der Waals surface area contributed by atoms with Crippen LogP contribution in [0.2, 0.25) is 0 Å². The van der Waals surface area contributed by atoms with E-state index in [4.69, 9.17) is 4.52 Å². The van der Waals surface area contributed by atoms with E-state index in [1.165, 1.54) is 12.8 Å². The fourth-order valence-electron chi connectivity index (χ4n) is 2.57. The quantitative estimate of drug-likeness (QED) is 0.935. The van der Waals surface area contributed by atoms with Crippen molar-refractivity contribution in [1.82, 2.24) is 15.1 Å². The maximum atomic E-state index is 5.06. The van der Waals surface area contributed by atoms with Crippen LogP contribution < -0.4 is 10.2 Å². The van der Waals surface area contributed by atoms with E-state index in [1.807, 2.05) is 26.0 Å². The summed E-state index contributed by atoms with van der Waals surface area (Å²) in [6.07, 6.45) is 2.43. The van der Waals surface area contributed by atoms with Gasteiger partial charge in [-0.15, -0.1) is 0 Å². The lowest BCUT2D eigenvalue weighted by Gasteiger charge is -2.31. The zero-order chi connectivity index (χ0) is 14.8. The Morgan fingerprint density at radius 2 is 1.90 bits per heavy atom. The minimum absolute atomic E-state index is 0.670. The Bertz CT molecular complexity index is 616. The molecular formula is C15H21N5O. The van der Waals surface area contributed by atoms with Gasteiger partial charge >= 0.3 is 0 Å². The highest BCUT2D eigenvalue weighted by atomic mass is 16.5. The zero-order valence-electron chi connectivity index (χ0n) is 12.8. The molecule has 2 aromatic heterocycles. The third-order valence-electron chi connectivity index (χ3n) is 3.82. The molecule has 0 atom stereocenters. The molecular weight excluding hydrogens is 266 g/mol. The summed E-state index contributed by atoms with van der Waals surface area (Å²) in [4.78, 5) is 11.3. The third-order valence-corrected chi connectivity index (χ3v) is 3.82. The topological polar surface area (TPSA) is 67.1 Å². The molecule has 112 valence electrons. The van der Waals surface area contributed by atoms with Crippen LogP contribution in [0.4, 0.5) is 17.5 Å². The first-order valence-electron chi connectivity index (χ1n) is 7.41. The first-order chi connectivity index (χ1) is 10.1. The van der Waals surface area contributed by atoms with E-state index in [2.05, 4.69) is 32.3 Å². The van der Waals surface area contributed by atoms with Crippen LogP contribution in [0.1, 0.15) is 31.4 Å². The molecule has 0 aromatic carbocycles. The molecule has 0 bridgehead atoms. The Morgan fingerprint density at radius 1 is 1.14 bits per heavy atom. The van der Waals surface area contributed by atoms with Gasteiger partial charge in [-0.05, 0) is 32.6 Å². The van der Waals surface area contributed by atoms with Crippen LogP contribution in [0.15, 0.2) is 16.7 Å². The molecule has 0 aliphatic carbocycles. The Labute approximate surface area is 124 Å². The minimum Gasteiger partial charge on any atom is -0.360 e. The predicted molar refractivity (Wildman–Crippen MR) is 81.9 cm³/mol. The van der Waals surface area contributed by atoms with Crippen molar-refractivity contribution >= 4 is 17.5 Å². The lowest BCUT2D eigenvalue weighted by atomic mass is 9.99. The van der Waals surface area contributed by atoms with E-state index >= 15 is 0 Å². The van der Waals surface area contributed by atoms with Gasteiger partial charge in [-0.3, -0.25) is 0 Å². The van der Waals surface area contributed by atoms with Crippen LogP contribution in [-0.2, 0) is 0 Å². The van der Waals surface area contributed by atoms with Gasteiger partial charge in [-0.2, -0.15) is 0 Å². The maximum Gasteiger partial charge on any atom is 0.175 e. The Hall–Kier alpha value is -2.11. The molecule has 0 radical (unpaired) electrons. The molecule has 6 heteroatoms. The number of nitrogens with zero attached hydrogens (tertiary/aromatic N) is 4. The van der Waals surface area contributed by atoms with Gasteiger partial charge in [0.1, 0.15) is 23.2 Å². The SMILES string of the molecule is Cc1nc(Nc2cc(C)on2)cc(N2CCC(C)CC2)n1. The number of aromatic nitrogens is 3. The Morgan fingerprint density at radius 3 is 2.57 bits per heavy atom. The number of rotatable bonds is 3. The average molecular weight is 287 g/mol. The van der Waals surface area contributed by atoms with Crippen molar-refractivity contribution in [1.29, 1.82) is 0 Å². The maximum absolute atomic E-state index is 5.06. The molecule has 0 amide bonds. The van der Waals surface area contributed by atoms with Crippen molar-refractivity contribution in [2.45, 2.75) is 33.6 Å². The third kappa shape index (κ3) is 3.32. The van der Waals surface area contributed by atoms with Gasteiger partial charge in [0, 0.05) is 25.2 Å². The Kier molecular flexibility index (Phi) is 3.77. The first-order valence-corrected chi connectivity index (χ1v) is 7.41. The van der Waals surface area contributed by atoms with Crippen LogP contribution >= 0.6 is 0 Å². The molecule has 0 spiro atoms. The van der Waals surface area contributed by atoms with E-state index in [0.29, 0.717) is 5.82 Å². The van der Waals surface area contributed by atoms with Crippen molar-refractivity contribution < 1.29 is 4.52 Å². The molecule has 1 N–H and O–H groups in total. The fourth-order valence-corrected chi connectivity index (χ4v) is 2.57. The van der Waals surface area contributed by atoms with Gasteiger partial charge in [-0.25, -0.2) is 9.97 Å². The molecule has 21 heavy (non-hydrogen) atoms. The monoisotopic (exact) mass is 287 g/mol. The highest BCUT2D eigenvalue weighted by Crippen LogP contribution is 2.24. The summed E-state index contributed by atoms with van der Waals surface area (Å²) in [5.41, 5.74) is 0. The van der Waals surface area contributed by atoms with Crippen molar-refractivity contribution in [2.75, 3.05) is 23.3 Å². The zero-order valence-corrected chi connectivity index (χ0v) is 12.8. The van der Waals surface area contributed by atoms with Crippen molar-refractivity contribution in [3.05, 3.63) is 23.7 Å². The molecule has 3 heterocycles. The van der Waals surface area contributed by atoms with Crippen LogP contribution in [-0.4, -0.2) is 28.2 Å². The van der Waals surface area contributed by atoms with E-state index in [1.54, 1.807) is 0 Å². The fraction of sp³-hybridized carbons (Fsp3) is 0.533. The summed E-state index contributed by atoms with van der Waals surface area (Å²) in [6.45, 7) is 8.20. The van der Waals surface area contributed by atoms with Gasteiger partial charge in [0.05, 0.1) is 0 Å². The number of piperidine rings is 1. The van der Waals surface area contributed by atoms with Crippen LogP contribution in [0, 0.1) is 19.8 Å². The summed E-state index contributed by atoms with van der Waals surface area (Å²) in [6, 6.07) is 3.83. The van der Waals surface area contributed by atoms with Crippen LogP contribution in [0.5, 0.6) is 0 Å². The summed E-state index contributed by atoms with van der Waals surface area (Å²) in [7, 11) is 0. The number of hydrogen-bond acceptors (Lipinski definition) is 6. The lowest BCUT2D eigenvalue weighted by Crippen LogP contribution is -2.33. The highest BCUT2D eigenvalue weighted by molar-refractivity contribution is 5.56. The molecule has 3 rings (SSSR count). The Balaban J connectivity index is 1.79. The highest BCUT2D eigenvalue weighted by Gasteiger charge is 2.18. The second-order valence-corrected chi connectivity index (χ2v) is 5.78. The second-order valence-electron chi connectivity index (χ2n) is 5.78. The number of anilines is 3. The van der Waals surface area contributed by atoms with Gasteiger partial charge < -0.3 is 14.7 Å². The molecule has 1 fully saturated rings. The molecule has 1 saturated heterocycles. The molecule has 0 saturated carbocycles. The van der Waals surface area contributed by atoms with E-state index in [0.717, 1.165) is 42.2 Å². The van der Waals surface area contributed by atoms with Crippen molar-refractivity contribution in [3.8, 4) is 0 Å². The summed E-state index contributed by atoms with van der Waals surface area (Å²) in [5.74, 6) is 4.74. The van der Waals surface area contributed by atoms with E-state index < -0.39 is 0 Å². The lowest BCUT2D eigenvalue weighted by molar-refractivity contribution is 0.400. The summed E-state index contributed by atoms with van der Waals surface area (Å²) >= 11 is 0. The van der Waals surface area contributed by atoms with E-state index in [-0.39, 0.29) is 0 Å². The van der Waals surface area contributed by atoms with Gasteiger partial charge in [-0.1, -0.05) is 12.1 Å². The standard InChI is InChI=1S/C15H21N5O/c1-10-4-6-20(7-5-10)15-9-13(16-12(3)17-15)18-14-8-11(2)21-19-14/h8-10H,4-7H2,1-3H3,(H,16,17,18,19). The largest absolute Gasteiger partial charge is 0.360 e. The van der Waals surface area contributed by atoms with E-state index in [9.17, 15) is 0 Å².